The van der Waals surface area contributed by atoms with Gasteiger partial charge < -0.3 is 4.74 Å². The quantitative estimate of drug-likeness (QED) is 0.419. The van der Waals surface area contributed by atoms with Crippen LogP contribution >= 0.6 is 11.3 Å². The molecule has 1 amide bonds. The van der Waals surface area contributed by atoms with E-state index in [0.29, 0.717) is 5.56 Å². The zero-order valence-electron chi connectivity index (χ0n) is 13.3. The smallest absolute Gasteiger partial charge is 0.271 e. The van der Waals surface area contributed by atoms with E-state index < -0.39 is 0 Å². The standard InChI is InChI=1S/C18H22N2O2S/c1-2-3-4-5-12-22-16-10-8-15(9-11-16)18(21)20-19-14-17-7-6-13-23-17/h6-11,13-14H,2-5,12H2,1H3,(H,20,21)/b19-14+. The summed E-state index contributed by atoms with van der Waals surface area (Å²) in [5.74, 6) is 0.562. The number of unbranched alkanes of at least 4 members (excludes halogenated alkanes) is 3. The minimum absolute atomic E-state index is 0.229. The molecule has 0 aliphatic carbocycles. The number of rotatable bonds is 9. The predicted octanol–water partition coefficient (Wildman–Crippen LogP) is 4.47. The van der Waals surface area contributed by atoms with Crippen LogP contribution in [0.3, 0.4) is 0 Å². The molecule has 0 fully saturated rings. The van der Waals surface area contributed by atoms with E-state index in [2.05, 4.69) is 17.5 Å². The lowest BCUT2D eigenvalue weighted by molar-refractivity contribution is 0.0955. The van der Waals surface area contributed by atoms with Crippen LogP contribution in [0, 0.1) is 0 Å². The Morgan fingerprint density at radius 1 is 1.22 bits per heavy atom. The molecule has 2 aromatic rings. The summed E-state index contributed by atoms with van der Waals surface area (Å²) in [6, 6.07) is 11.0. The molecule has 0 aliphatic heterocycles. The van der Waals surface area contributed by atoms with Crippen LogP contribution in [0.5, 0.6) is 5.75 Å². The number of nitrogens with one attached hydrogen (secondary N) is 1. The molecule has 0 atom stereocenters. The molecule has 1 heterocycles. The lowest BCUT2D eigenvalue weighted by atomic mass is 10.2. The second kappa shape index (κ2) is 9.79. The highest BCUT2D eigenvalue weighted by Crippen LogP contribution is 2.13. The van der Waals surface area contributed by atoms with Crippen LogP contribution in [0.1, 0.15) is 47.8 Å². The molecule has 0 aliphatic rings. The highest BCUT2D eigenvalue weighted by atomic mass is 32.1. The van der Waals surface area contributed by atoms with Crippen LogP contribution in [-0.4, -0.2) is 18.7 Å². The van der Waals surface area contributed by atoms with E-state index in [1.165, 1.54) is 19.3 Å². The number of hydrazone groups is 1. The van der Waals surface area contributed by atoms with Crippen molar-refractivity contribution in [3.05, 3.63) is 52.2 Å². The summed E-state index contributed by atoms with van der Waals surface area (Å²) in [7, 11) is 0. The molecule has 0 bridgehead atoms. The Morgan fingerprint density at radius 3 is 2.74 bits per heavy atom. The Balaban J connectivity index is 1.76. The highest BCUT2D eigenvalue weighted by Gasteiger charge is 2.04. The van der Waals surface area contributed by atoms with Gasteiger partial charge in [-0.3, -0.25) is 4.79 Å². The fraction of sp³-hybridized carbons (Fsp3) is 0.333. The molecule has 0 saturated carbocycles. The largest absolute Gasteiger partial charge is 0.494 e. The molecule has 2 rings (SSSR count). The van der Waals surface area contributed by atoms with E-state index in [1.54, 1.807) is 29.7 Å². The second-order valence-electron chi connectivity index (χ2n) is 5.15. The number of hydrogen-bond acceptors (Lipinski definition) is 4. The number of amides is 1. The van der Waals surface area contributed by atoms with Crippen molar-refractivity contribution < 1.29 is 9.53 Å². The van der Waals surface area contributed by atoms with Gasteiger partial charge in [0.1, 0.15) is 5.75 Å². The van der Waals surface area contributed by atoms with Crippen LogP contribution in [0.2, 0.25) is 0 Å². The Morgan fingerprint density at radius 2 is 2.04 bits per heavy atom. The molecule has 0 unspecified atom stereocenters. The van der Waals surface area contributed by atoms with Crippen LogP contribution < -0.4 is 10.2 Å². The van der Waals surface area contributed by atoms with Crippen LogP contribution in [0.25, 0.3) is 0 Å². The van der Waals surface area contributed by atoms with Crippen molar-refractivity contribution in [2.24, 2.45) is 5.10 Å². The molecule has 1 aromatic carbocycles. The van der Waals surface area contributed by atoms with Gasteiger partial charge in [0.15, 0.2) is 0 Å². The van der Waals surface area contributed by atoms with Crippen molar-refractivity contribution in [3.63, 3.8) is 0 Å². The number of carbonyl (C=O) groups is 1. The summed E-state index contributed by atoms with van der Waals surface area (Å²) in [6.07, 6.45) is 6.36. The SMILES string of the molecule is CCCCCCOc1ccc(C(=O)N/N=C/c2cccs2)cc1. The minimum Gasteiger partial charge on any atom is -0.494 e. The third-order valence-electron chi connectivity index (χ3n) is 3.28. The third-order valence-corrected chi connectivity index (χ3v) is 4.09. The third kappa shape index (κ3) is 6.24. The number of hydrogen-bond donors (Lipinski definition) is 1. The van der Waals surface area contributed by atoms with E-state index in [4.69, 9.17) is 4.74 Å². The average molecular weight is 330 g/mol. The Bertz CT molecular complexity index is 606. The summed E-state index contributed by atoms with van der Waals surface area (Å²) in [6.45, 7) is 2.91. The number of thiophene rings is 1. The summed E-state index contributed by atoms with van der Waals surface area (Å²) in [5.41, 5.74) is 3.08. The van der Waals surface area contributed by atoms with E-state index >= 15 is 0 Å². The van der Waals surface area contributed by atoms with Crippen LogP contribution in [0.15, 0.2) is 46.9 Å². The van der Waals surface area contributed by atoms with Gasteiger partial charge in [-0.1, -0.05) is 32.3 Å². The van der Waals surface area contributed by atoms with Crippen LogP contribution in [0.4, 0.5) is 0 Å². The zero-order valence-corrected chi connectivity index (χ0v) is 14.1. The zero-order chi connectivity index (χ0) is 16.3. The molecule has 1 aromatic heterocycles. The van der Waals surface area contributed by atoms with Gasteiger partial charge in [0.05, 0.1) is 12.8 Å². The molecular weight excluding hydrogens is 308 g/mol. The van der Waals surface area contributed by atoms with Crippen molar-refractivity contribution in [2.45, 2.75) is 32.6 Å². The number of ether oxygens (including phenoxy) is 1. The molecule has 1 N–H and O–H groups in total. The van der Waals surface area contributed by atoms with Crippen molar-refractivity contribution >= 4 is 23.5 Å². The van der Waals surface area contributed by atoms with Gasteiger partial charge in [-0.2, -0.15) is 5.10 Å². The molecule has 4 nitrogen and oxygen atoms in total. The lowest BCUT2D eigenvalue weighted by Gasteiger charge is -2.06. The monoisotopic (exact) mass is 330 g/mol. The summed E-state index contributed by atoms with van der Waals surface area (Å²) in [5, 5.41) is 5.91. The van der Waals surface area contributed by atoms with E-state index in [0.717, 1.165) is 23.7 Å². The van der Waals surface area contributed by atoms with Gasteiger partial charge in [0.2, 0.25) is 0 Å². The maximum absolute atomic E-state index is 12.0. The minimum atomic E-state index is -0.229. The Labute approximate surface area is 141 Å². The summed E-state index contributed by atoms with van der Waals surface area (Å²) < 4.78 is 5.66. The number of benzene rings is 1. The first kappa shape index (κ1) is 17.2. The first-order valence-electron chi connectivity index (χ1n) is 7.89. The fourth-order valence-corrected chi connectivity index (χ4v) is 2.59. The normalized spacial score (nSPS) is 10.8. The van der Waals surface area contributed by atoms with E-state index in [-0.39, 0.29) is 5.91 Å². The van der Waals surface area contributed by atoms with Gasteiger partial charge in [-0.05, 0) is 42.1 Å². The molecule has 0 spiro atoms. The maximum Gasteiger partial charge on any atom is 0.271 e. The predicted molar refractivity (Wildman–Crippen MR) is 95.5 cm³/mol. The Hall–Kier alpha value is -2.14. The topological polar surface area (TPSA) is 50.7 Å². The van der Waals surface area contributed by atoms with Crippen molar-refractivity contribution in [2.75, 3.05) is 6.61 Å². The van der Waals surface area contributed by atoms with Gasteiger partial charge in [-0.25, -0.2) is 5.43 Å². The fourth-order valence-electron chi connectivity index (χ4n) is 2.01. The molecule has 23 heavy (non-hydrogen) atoms. The van der Waals surface area contributed by atoms with Crippen molar-refractivity contribution in [1.29, 1.82) is 0 Å². The van der Waals surface area contributed by atoms with Gasteiger partial charge in [-0.15, -0.1) is 11.3 Å². The van der Waals surface area contributed by atoms with Crippen molar-refractivity contribution in [1.82, 2.24) is 5.43 Å². The van der Waals surface area contributed by atoms with E-state index in [9.17, 15) is 4.79 Å². The van der Waals surface area contributed by atoms with Crippen molar-refractivity contribution in [3.8, 4) is 5.75 Å². The van der Waals surface area contributed by atoms with Gasteiger partial charge in [0.25, 0.3) is 5.91 Å². The first-order valence-corrected chi connectivity index (χ1v) is 8.77. The molecule has 5 heteroatoms. The molecule has 0 saturated heterocycles. The molecule has 0 radical (unpaired) electrons. The lowest BCUT2D eigenvalue weighted by Crippen LogP contribution is -2.17. The van der Waals surface area contributed by atoms with Gasteiger partial charge in [0, 0.05) is 10.4 Å². The molecule has 122 valence electrons. The van der Waals surface area contributed by atoms with E-state index in [1.807, 2.05) is 29.6 Å². The Kier molecular flexibility index (Phi) is 7.33. The van der Waals surface area contributed by atoms with Crippen LogP contribution in [-0.2, 0) is 0 Å². The number of carbonyl (C=O) groups excluding carboxylic acids is 1. The first-order chi connectivity index (χ1) is 11.3. The summed E-state index contributed by atoms with van der Waals surface area (Å²) in [4.78, 5) is 13.0. The summed E-state index contributed by atoms with van der Waals surface area (Å²) >= 11 is 1.57. The maximum atomic E-state index is 12.0. The average Bonchev–Trinajstić information content (AvgIpc) is 3.08. The number of nitrogens with zero attached hydrogens (tertiary/aromatic N) is 1. The highest BCUT2D eigenvalue weighted by molar-refractivity contribution is 7.11. The van der Waals surface area contributed by atoms with Gasteiger partial charge >= 0.3 is 0 Å². The molecular formula is C18H22N2O2S. The second-order valence-corrected chi connectivity index (χ2v) is 6.13.